The summed E-state index contributed by atoms with van der Waals surface area (Å²) in [4.78, 5) is 32.0. The van der Waals surface area contributed by atoms with Crippen molar-refractivity contribution in [1.29, 1.82) is 5.26 Å². The molecule has 0 amide bonds. The van der Waals surface area contributed by atoms with E-state index in [0.29, 0.717) is 24.0 Å². The molecule has 0 saturated heterocycles. The first-order valence-corrected chi connectivity index (χ1v) is 10.8. The Labute approximate surface area is 173 Å². The highest BCUT2D eigenvalue weighted by atomic mass is 32.2. The van der Waals surface area contributed by atoms with Crippen LogP contribution in [0, 0.1) is 11.3 Å². The van der Waals surface area contributed by atoms with E-state index < -0.39 is 27.3 Å². The second-order valence-corrected chi connectivity index (χ2v) is 8.45. The second kappa shape index (κ2) is 8.57. The summed E-state index contributed by atoms with van der Waals surface area (Å²) in [5, 5.41) is 9.92. The second-order valence-electron chi connectivity index (χ2n) is 6.51. The Morgan fingerprint density at radius 2 is 1.77 bits per heavy atom. The summed E-state index contributed by atoms with van der Waals surface area (Å²) in [6, 6.07) is 13.9. The Morgan fingerprint density at radius 1 is 1.13 bits per heavy atom. The molecule has 3 rings (SSSR count). The van der Waals surface area contributed by atoms with Gasteiger partial charge in [-0.3, -0.25) is 9.59 Å². The van der Waals surface area contributed by atoms with E-state index in [2.05, 4.69) is 9.97 Å². The largest absolute Gasteiger partial charge is 0.308 e. The molecule has 1 heterocycles. The summed E-state index contributed by atoms with van der Waals surface area (Å²) < 4.78 is 26.5. The molecule has 1 atom stereocenters. The standard InChI is InChI=1S/C21H20N4O4S/c1-3-25(4-2)30(28,29)15-11-9-14(10-12-15)19(26)17(13-22)20-23-18-8-6-5-7-16(18)21(27)24-20/h5-12,17H,3-4H2,1-2H3,(H,23,24,27)/t17-/m0/s1. The lowest BCUT2D eigenvalue weighted by Crippen LogP contribution is -2.30. The molecule has 0 spiro atoms. The number of nitrogens with one attached hydrogen (secondary N) is 1. The van der Waals surface area contributed by atoms with E-state index in [1.807, 2.05) is 6.07 Å². The number of aromatic amines is 1. The van der Waals surface area contributed by atoms with Crippen molar-refractivity contribution in [3.8, 4) is 6.07 Å². The van der Waals surface area contributed by atoms with Crippen molar-refractivity contribution < 1.29 is 13.2 Å². The number of aromatic nitrogens is 2. The lowest BCUT2D eigenvalue weighted by molar-refractivity contribution is 0.0976. The predicted octanol–water partition coefficient (Wildman–Crippen LogP) is 2.44. The number of nitriles is 1. The summed E-state index contributed by atoms with van der Waals surface area (Å²) >= 11 is 0. The first kappa shape index (κ1) is 21.4. The van der Waals surface area contributed by atoms with E-state index in [1.54, 1.807) is 38.1 Å². The smallest absolute Gasteiger partial charge is 0.258 e. The number of carbonyl (C=O) groups excluding carboxylic acids is 1. The van der Waals surface area contributed by atoms with Gasteiger partial charge in [-0.15, -0.1) is 0 Å². The fourth-order valence-electron chi connectivity index (χ4n) is 3.16. The highest BCUT2D eigenvalue weighted by Crippen LogP contribution is 2.21. The maximum atomic E-state index is 12.9. The van der Waals surface area contributed by atoms with E-state index in [0.717, 1.165) is 0 Å². The van der Waals surface area contributed by atoms with E-state index in [4.69, 9.17) is 0 Å². The van der Waals surface area contributed by atoms with Crippen LogP contribution in [0.15, 0.2) is 58.2 Å². The molecule has 0 aliphatic heterocycles. The first-order valence-electron chi connectivity index (χ1n) is 9.36. The van der Waals surface area contributed by atoms with Gasteiger partial charge in [-0.1, -0.05) is 38.1 Å². The van der Waals surface area contributed by atoms with Crippen LogP contribution in [-0.2, 0) is 10.0 Å². The van der Waals surface area contributed by atoms with Gasteiger partial charge < -0.3 is 4.98 Å². The van der Waals surface area contributed by atoms with Crippen molar-refractivity contribution >= 4 is 26.7 Å². The van der Waals surface area contributed by atoms with Gasteiger partial charge in [-0.25, -0.2) is 13.4 Å². The molecule has 0 fully saturated rings. The maximum absolute atomic E-state index is 12.9. The van der Waals surface area contributed by atoms with Crippen LogP contribution < -0.4 is 5.56 Å². The Morgan fingerprint density at radius 3 is 2.37 bits per heavy atom. The van der Waals surface area contributed by atoms with E-state index in [1.165, 1.54) is 28.6 Å². The Bertz CT molecular complexity index is 1290. The van der Waals surface area contributed by atoms with Crippen LogP contribution >= 0.6 is 0 Å². The third kappa shape index (κ3) is 3.87. The fraction of sp³-hybridized carbons (Fsp3) is 0.238. The van der Waals surface area contributed by atoms with Gasteiger partial charge in [0.25, 0.3) is 5.56 Å². The zero-order valence-electron chi connectivity index (χ0n) is 16.5. The minimum Gasteiger partial charge on any atom is -0.308 e. The molecule has 0 radical (unpaired) electrons. The van der Waals surface area contributed by atoms with Crippen LogP contribution in [0.25, 0.3) is 10.9 Å². The maximum Gasteiger partial charge on any atom is 0.258 e. The number of hydrogen-bond donors (Lipinski definition) is 1. The average Bonchev–Trinajstić information content (AvgIpc) is 2.75. The molecule has 3 aromatic rings. The van der Waals surface area contributed by atoms with E-state index in [9.17, 15) is 23.3 Å². The van der Waals surface area contributed by atoms with Crippen LogP contribution in [-0.4, -0.2) is 41.6 Å². The number of fused-ring (bicyclic) bond motifs is 1. The number of carbonyl (C=O) groups is 1. The van der Waals surface area contributed by atoms with Gasteiger partial charge in [-0.2, -0.15) is 9.57 Å². The van der Waals surface area contributed by atoms with Crippen molar-refractivity contribution in [2.45, 2.75) is 24.7 Å². The average molecular weight is 424 g/mol. The molecular weight excluding hydrogens is 404 g/mol. The number of hydrogen-bond acceptors (Lipinski definition) is 6. The summed E-state index contributed by atoms with van der Waals surface area (Å²) in [6.45, 7) is 4.15. The van der Waals surface area contributed by atoms with Gasteiger partial charge in [-0.05, 0) is 24.3 Å². The minimum absolute atomic E-state index is 0.0500. The van der Waals surface area contributed by atoms with E-state index in [-0.39, 0.29) is 16.3 Å². The monoisotopic (exact) mass is 424 g/mol. The van der Waals surface area contributed by atoms with Crippen LogP contribution in [0.5, 0.6) is 0 Å². The van der Waals surface area contributed by atoms with Crippen molar-refractivity contribution in [2.75, 3.05) is 13.1 Å². The first-order chi connectivity index (χ1) is 14.3. The van der Waals surface area contributed by atoms with Gasteiger partial charge in [0, 0.05) is 18.7 Å². The Hall–Kier alpha value is -3.35. The quantitative estimate of drug-likeness (QED) is 0.581. The fourth-order valence-corrected chi connectivity index (χ4v) is 4.61. The number of nitrogens with zero attached hydrogens (tertiary/aromatic N) is 3. The number of sulfonamides is 1. The molecule has 0 bridgehead atoms. The van der Waals surface area contributed by atoms with E-state index >= 15 is 0 Å². The van der Waals surface area contributed by atoms with Crippen LogP contribution in [0.3, 0.4) is 0 Å². The molecule has 1 aromatic heterocycles. The van der Waals surface area contributed by atoms with Gasteiger partial charge in [0.1, 0.15) is 5.82 Å². The topological polar surface area (TPSA) is 124 Å². The number of Topliss-reactive ketones (excluding diaryl/α,β-unsaturated/α-hetero) is 1. The molecule has 1 N–H and O–H groups in total. The van der Waals surface area contributed by atoms with Crippen LogP contribution in [0.1, 0.15) is 35.9 Å². The molecule has 0 saturated carbocycles. The Kier molecular flexibility index (Phi) is 6.10. The number of ketones is 1. The molecule has 8 nitrogen and oxygen atoms in total. The number of benzene rings is 2. The third-order valence-electron chi connectivity index (χ3n) is 4.78. The summed E-state index contributed by atoms with van der Waals surface area (Å²) in [5.74, 6) is -1.96. The predicted molar refractivity (Wildman–Crippen MR) is 112 cm³/mol. The lowest BCUT2D eigenvalue weighted by atomic mass is 9.98. The van der Waals surface area contributed by atoms with Crippen molar-refractivity contribution in [3.05, 3.63) is 70.3 Å². The Balaban J connectivity index is 1.96. The minimum atomic E-state index is -3.65. The lowest BCUT2D eigenvalue weighted by Gasteiger charge is -2.18. The third-order valence-corrected chi connectivity index (χ3v) is 6.84. The zero-order chi connectivity index (χ0) is 21.9. The molecular formula is C21H20N4O4S. The summed E-state index contributed by atoms with van der Waals surface area (Å²) in [6.07, 6.45) is 0. The SMILES string of the molecule is CCN(CC)S(=O)(=O)c1ccc(C(=O)[C@H](C#N)c2nc3ccccc3c(=O)[nH]2)cc1. The highest BCUT2D eigenvalue weighted by molar-refractivity contribution is 7.89. The van der Waals surface area contributed by atoms with Crippen molar-refractivity contribution in [1.82, 2.24) is 14.3 Å². The number of H-pyrrole nitrogens is 1. The molecule has 0 unspecified atom stereocenters. The van der Waals surface area contributed by atoms with Gasteiger partial charge in [0.15, 0.2) is 11.7 Å². The number of para-hydroxylation sites is 1. The van der Waals surface area contributed by atoms with Gasteiger partial charge in [0.05, 0.1) is 21.9 Å². The van der Waals surface area contributed by atoms with Gasteiger partial charge >= 0.3 is 0 Å². The molecule has 30 heavy (non-hydrogen) atoms. The molecule has 9 heteroatoms. The summed E-state index contributed by atoms with van der Waals surface area (Å²) in [7, 11) is -3.65. The number of rotatable bonds is 7. The van der Waals surface area contributed by atoms with Gasteiger partial charge in [0.2, 0.25) is 10.0 Å². The normalized spacial score (nSPS) is 12.6. The molecule has 0 aliphatic rings. The van der Waals surface area contributed by atoms with Crippen molar-refractivity contribution in [3.63, 3.8) is 0 Å². The molecule has 154 valence electrons. The molecule has 2 aromatic carbocycles. The van der Waals surface area contributed by atoms with Crippen LogP contribution in [0.2, 0.25) is 0 Å². The zero-order valence-corrected chi connectivity index (χ0v) is 17.3. The highest BCUT2D eigenvalue weighted by Gasteiger charge is 2.26. The summed E-state index contributed by atoms with van der Waals surface area (Å²) in [5.41, 5.74) is 0.0881. The van der Waals surface area contributed by atoms with Crippen LogP contribution in [0.4, 0.5) is 0 Å². The molecule has 0 aliphatic carbocycles. The van der Waals surface area contributed by atoms with Crippen molar-refractivity contribution in [2.24, 2.45) is 0 Å².